The van der Waals surface area contributed by atoms with Crippen LogP contribution in [0.4, 0.5) is 0 Å². The van der Waals surface area contributed by atoms with Gasteiger partial charge in [-0.15, -0.1) is 0 Å². The van der Waals surface area contributed by atoms with E-state index < -0.39 is 97.5 Å². The number of carbonyl (C=O) groups is 4. The summed E-state index contributed by atoms with van der Waals surface area (Å²) in [5.41, 5.74) is 0. The van der Waals surface area contributed by atoms with E-state index in [-0.39, 0.29) is 25.7 Å². The summed E-state index contributed by atoms with van der Waals surface area (Å²) in [5, 5.41) is 10.7. The molecule has 5 atom stereocenters. The highest BCUT2D eigenvalue weighted by Crippen LogP contribution is 2.45. The smallest absolute Gasteiger partial charge is 0.462 e. The molecule has 0 saturated heterocycles. The first-order chi connectivity index (χ1) is 51.7. The molecule has 0 aromatic heterocycles. The lowest BCUT2D eigenvalue weighted by molar-refractivity contribution is -0.161. The molecule has 5 unspecified atom stereocenters. The first-order valence-electron chi connectivity index (χ1n) is 40.4. The van der Waals surface area contributed by atoms with Crippen LogP contribution in [0.5, 0.6) is 0 Å². The largest absolute Gasteiger partial charge is 0.472 e. The van der Waals surface area contributed by atoms with Crippen LogP contribution in [0.15, 0.2) is 170 Å². The molecule has 0 spiro atoms. The van der Waals surface area contributed by atoms with Crippen LogP contribution in [0, 0.1) is 0 Å². The lowest BCUT2D eigenvalue weighted by atomic mass is 10.1. The zero-order chi connectivity index (χ0) is 77.4. The van der Waals surface area contributed by atoms with Gasteiger partial charge in [-0.1, -0.05) is 268 Å². The molecule has 0 fully saturated rings. The van der Waals surface area contributed by atoms with Crippen LogP contribution in [0.3, 0.4) is 0 Å². The minimum Gasteiger partial charge on any atom is -0.462 e. The second-order valence-electron chi connectivity index (χ2n) is 26.2. The van der Waals surface area contributed by atoms with Crippen molar-refractivity contribution in [3.8, 4) is 0 Å². The number of unbranched alkanes of at least 4 members (excludes halogenated alkanes) is 20. The molecule has 0 bridgehead atoms. The Hall–Kier alpha value is -5.58. The van der Waals surface area contributed by atoms with Gasteiger partial charge in [-0.05, 0) is 173 Å². The first-order valence-corrected chi connectivity index (χ1v) is 43.4. The molecule has 106 heavy (non-hydrogen) atoms. The van der Waals surface area contributed by atoms with Crippen LogP contribution in [-0.2, 0) is 65.4 Å². The second-order valence-corrected chi connectivity index (χ2v) is 29.1. The molecule has 19 heteroatoms. The molecule has 0 rings (SSSR count). The van der Waals surface area contributed by atoms with Crippen molar-refractivity contribution in [3.05, 3.63) is 170 Å². The highest BCUT2D eigenvalue weighted by Gasteiger charge is 2.30. The molecule has 0 amide bonds. The normalized spacial score (nSPS) is 14.7. The summed E-state index contributed by atoms with van der Waals surface area (Å²) < 4.78 is 68.6. The van der Waals surface area contributed by atoms with Gasteiger partial charge in [0.25, 0.3) is 0 Å². The van der Waals surface area contributed by atoms with Crippen LogP contribution in [0.2, 0.25) is 0 Å². The van der Waals surface area contributed by atoms with E-state index in [1.54, 1.807) is 0 Å². The number of allylic oxidation sites excluding steroid dienone is 28. The molecule has 0 radical (unpaired) electrons. The summed E-state index contributed by atoms with van der Waals surface area (Å²) >= 11 is 0. The Labute approximate surface area is 642 Å². The molecular weight excluding hydrogens is 1380 g/mol. The highest BCUT2D eigenvalue weighted by molar-refractivity contribution is 7.47. The highest BCUT2D eigenvalue weighted by atomic mass is 31.2. The second kappa shape index (κ2) is 77.6. The van der Waals surface area contributed by atoms with E-state index in [0.29, 0.717) is 25.7 Å². The summed E-state index contributed by atoms with van der Waals surface area (Å²) in [4.78, 5) is 73.1. The predicted octanol–water partition coefficient (Wildman–Crippen LogP) is 23.8. The fourth-order valence-electron chi connectivity index (χ4n) is 10.1. The summed E-state index contributed by atoms with van der Waals surface area (Å²) in [5.74, 6) is -2.28. The molecular formula is C87H142O17P2. The number of phosphoric ester groups is 2. The van der Waals surface area contributed by atoms with Gasteiger partial charge in [-0.2, -0.15) is 0 Å². The van der Waals surface area contributed by atoms with Crippen LogP contribution in [0.1, 0.15) is 297 Å². The minimum absolute atomic E-state index is 0.0544. The lowest BCUT2D eigenvalue weighted by Crippen LogP contribution is -2.30. The lowest BCUT2D eigenvalue weighted by Gasteiger charge is -2.21. The number of carbonyl (C=O) groups excluding carboxylic acids is 4. The van der Waals surface area contributed by atoms with Gasteiger partial charge in [0, 0.05) is 25.7 Å². The summed E-state index contributed by atoms with van der Waals surface area (Å²) in [6.07, 6.45) is 91.8. The number of aliphatic hydroxyl groups excluding tert-OH is 1. The number of phosphoric acid groups is 2. The Kier molecular flexibility index (Phi) is 73.5. The SMILES string of the molecule is CC/C=C\C/C=C\C/C=C\C/C=C\CCCCCCC(=O)OCC(COP(=O)(O)OCC(O)COP(=O)(O)OCC(COC(=O)CCCCCC/C=C\C/C=C\C/C=C\C/C=C\CC)OC(=O)CCCCCCC/C=C\C/C=C\CCCCC)OC(=O)CCCCCC/C=C\C/C=C\C/C=C\C/C=C\CC. The number of esters is 4. The standard InChI is InChI=1S/C87H142O17P2/c1-5-9-13-17-21-25-29-33-37-40-44-47-51-55-59-63-67-71-84(89)97-77-82(103-86(91)73-69-65-61-57-53-49-43-36-32-28-24-20-16-12-8-4)79-101-105(93,94)99-75-81(88)76-100-106(95,96)102-80-83(104-87(92)74-70-66-62-58-54-50-46-42-39-35-31-27-23-19-15-11-7-3)78-98-85(90)72-68-64-60-56-52-48-45-41-38-34-30-26-22-18-14-10-6-2/h9-11,13-15,21-28,33-39,43-48,50,81-83,88H,5-8,12,16-20,29-32,40-42,49,51-80H2,1-4H3,(H,93,94)(H,95,96)/b13-9-,14-10-,15-11-,25-21-,26-22-,27-23-,28-24-,37-33-,38-34-,39-35-,43-36-,47-44-,48-45-,50-46-. The fourth-order valence-corrected chi connectivity index (χ4v) is 11.7. The summed E-state index contributed by atoms with van der Waals surface area (Å²) in [7, 11) is -10.0. The van der Waals surface area contributed by atoms with Crippen molar-refractivity contribution in [1.29, 1.82) is 0 Å². The fraction of sp³-hybridized carbons (Fsp3) is 0.632. The maximum absolute atomic E-state index is 13.1. The monoisotopic (exact) mass is 1520 g/mol. The van der Waals surface area contributed by atoms with Crippen molar-refractivity contribution in [2.75, 3.05) is 39.6 Å². The van der Waals surface area contributed by atoms with Gasteiger partial charge in [-0.25, -0.2) is 9.13 Å². The third-order valence-electron chi connectivity index (χ3n) is 16.2. The number of hydrogen-bond acceptors (Lipinski definition) is 15. The Morgan fingerprint density at radius 1 is 0.274 bits per heavy atom. The topological polar surface area (TPSA) is 237 Å². The Morgan fingerprint density at radius 2 is 0.491 bits per heavy atom. The average Bonchev–Trinajstić information content (AvgIpc) is 0.902. The average molecular weight is 1520 g/mol. The van der Waals surface area contributed by atoms with E-state index in [4.69, 9.17) is 37.0 Å². The molecule has 0 saturated carbocycles. The van der Waals surface area contributed by atoms with Gasteiger partial charge in [0.05, 0.1) is 26.4 Å². The van der Waals surface area contributed by atoms with Gasteiger partial charge < -0.3 is 33.8 Å². The zero-order valence-corrected chi connectivity index (χ0v) is 67.6. The van der Waals surface area contributed by atoms with Gasteiger partial charge in [0.1, 0.15) is 19.3 Å². The van der Waals surface area contributed by atoms with E-state index >= 15 is 0 Å². The van der Waals surface area contributed by atoms with E-state index in [0.717, 1.165) is 199 Å². The van der Waals surface area contributed by atoms with E-state index in [1.807, 2.05) is 0 Å². The van der Waals surface area contributed by atoms with Crippen molar-refractivity contribution in [2.24, 2.45) is 0 Å². The molecule has 17 nitrogen and oxygen atoms in total. The van der Waals surface area contributed by atoms with Gasteiger partial charge in [-0.3, -0.25) is 37.3 Å². The van der Waals surface area contributed by atoms with Crippen LogP contribution >= 0.6 is 15.6 Å². The number of hydrogen-bond donors (Lipinski definition) is 3. The van der Waals surface area contributed by atoms with Gasteiger partial charge in [0.15, 0.2) is 12.2 Å². The number of rotatable bonds is 74. The first kappa shape index (κ1) is 100. The number of ether oxygens (including phenoxy) is 4. The predicted molar refractivity (Wildman–Crippen MR) is 436 cm³/mol. The Bertz CT molecular complexity index is 2680. The molecule has 3 N–H and O–H groups in total. The van der Waals surface area contributed by atoms with Crippen molar-refractivity contribution >= 4 is 39.5 Å². The van der Waals surface area contributed by atoms with E-state index in [1.165, 1.54) is 19.3 Å². The summed E-state index contributed by atoms with van der Waals surface area (Å²) in [6.45, 7) is 4.40. The summed E-state index contributed by atoms with van der Waals surface area (Å²) in [6, 6.07) is 0. The maximum Gasteiger partial charge on any atom is 0.472 e. The molecule has 0 aromatic carbocycles. The molecule has 0 aliphatic carbocycles. The van der Waals surface area contributed by atoms with Gasteiger partial charge >= 0.3 is 39.5 Å². The molecule has 0 heterocycles. The quantitative estimate of drug-likeness (QED) is 0.0169. The zero-order valence-electron chi connectivity index (χ0n) is 65.8. The third kappa shape index (κ3) is 76.6. The van der Waals surface area contributed by atoms with Crippen LogP contribution in [0.25, 0.3) is 0 Å². The van der Waals surface area contributed by atoms with Crippen LogP contribution < -0.4 is 0 Å². The third-order valence-corrected chi connectivity index (χ3v) is 18.1. The van der Waals surface area contributed by atoms with Gasteiger partial charge in [0.2, 0.25) is 0 Å². The van der Waals surface area contributed by atoms with E-state index in [9.17, 15) is 43.2 Å². The molecule has 0 aliphatic heterocycles. The van der Waals surface area contributed by atoms with Crippen molar-refractivity contribution in [3.63, 3.8) is 0 Å². The molecule has 602 valence electrons. The van der Waals surface area contributed by atoms with Crippen LogP contribution in [-0.4, -0.2) is 96.7 Å². The van der Waals surface area contributed by atoms with Crippen molar-refractivity contribution in [2.45, 2.75) is 316 Å². The minimum atomic E-state index is -5.00. The van der Waals surface area contributed by atoms with Crippen molar-refractivity contribution < 1.29 is 80.2 Å². The number of aliphatic hydroxyl groups is 1. The Balaban J connectivity index is 5.47. The molecule has 0 aliphatic rings. The molecule has 0 aromatic rings. The van der Waals surface area contributed by atoms with E-state index in [2.05, 4.69) is 198 Å². The Morgan fingerprint density at radius 3 is 0.755 bits per heavy atom. The maximum atomic E-state index is 13.1. The van der Waals surface area contributed by atoms with Crippen molar-refractivity contribution in [1.82, 2.24) is 0 Å².